The molecule has 0 radical (unpaired) electrons. The van der Waals surface area contributed by atoms with Gasteiger partial charge in [-0.1, -0.05) is 18.5 Å². The minimum absolute atomic E-state index is 0.171. The van der Waals surface area contributed by atoms with Crippen molar-refractivity contribution in [2.75, 3.05) is 51.3 Å². The number of halogens is 1. The van der Waals surface area contributed by atoms with Gasteiger partial charge in [0.15, 0.2) is 0 Å². The number of likely N-dealkylation sites (N-methyl/N-ethyl adjacent to an activating group) is 1. The largest absolute Gasteiger partial charge is 0.379 e. The normalized spacial score (nSPS) is 15.0. The Morgan fingerprint density at radius 1 is 1.48 bits per heavy atom. The van der Waals surface area contributed by atoms with Gasteiger partial charge < -0.3 is 9.64 Å². The number of nitrogens with zero attached hydrogens (tertiary/aromatic N) is 5. The molecule has 23 heavy (non-hydrogen) atoms. The molecule has 1 aromatic rings. The average Bonchev–Trinajstić information content (AvgIpc) is 2.59. The number of hydrogen-bond donors (Lipinski definition) is 0. The molecule has 7 heteroatoms. The molecule has 1 aliphatic rings. The summed E-state index contributed by atoms with van der Waals surface area (Å²) in [5.74, 6) is 0.550. The van der Waals surface area contributed by atoms with Gasteiger partial charge in [0.2, 0.25) is 5.69 Å². The summed E-state index contributed by atoms with van der Waals surface area (Å²) in [6, 6.07) is 2.06. The van der Waals surface area contributed by atoms with Crippen molar-refractivity contribution < 1.29 is 4.74 Å². The number of rotatable bonds is 5. The molecule has 1 saturated heterocycles. The van der Waals surface area contributed by atoms with E-state index < -0.39 is 0 Å². The van der Waals surface area contributed by atoms with Crippen molar-refractivity contribution in [2.45, 2.75) is 13.3 Å². The highest BCUT2D eigenvalue weighted by Gasteiger charge is 2.21. The van der Waals surface area contributed by atoms with Crippen LogP contribution in [0.4, 0.5) is 11.5 Å². The molecule has 0 bridgehead atoms. The van der Waals surface area contributed by atoms with Gasteiger partial charge in [0.25, 0.3) is 0 Å². The molecule has 1 fully saturated rings. The first kappa shape index (κ1) is 17.5. The third kappa shape index (κ3) is 3.92. The minimum atomic E-state index is 0.171. The SMILES string of the molecule is [C-]#[N+]c1c(N(C)CCN2CCOCC2)nc(Cl)c(C#N)c1CC. The molecule has 0 aromatic carbocycles. The van der Waals surface area contributed by atoms with Crippen LogP contribution in [0.2, 0.25) is 5.15 Å². The van der Waals surface area contributed by atoms with Crippen molar-refractivity contribution in [3.05, 3.63) is 27.7 Å². The number of aromatic nitrogens is 1. The summed E-state index contributed by atoms with van der Waals surface area (Å²) in [4.78, 5) is 12.2. The lowest BCUT2D eigenvalue weighted by Crippen LogP contribution is -2.40. The van der Waals surface area contributed by atoms with E-state index in [-0.39, 0.29) is 5.15 Å². The van der Waals surface area contributed by atoms with Gasteiger partial charge in [-0.15, -0.1) is 0 Å². The zero-order valence-electron chi connectivity index (χ0n) is 13.5. The van der Waals surface area contributed by atoms with Gasteiger partial charge in [0, 0.05) is 33.2 Å². The van der Waals surface area contributed by atoms with Gasteiger partial charge in [-0.3, -0.25) is 4.90 Å². The molecular formula is C16H20ClN5O. The van der Waals surface area contributed by atoms with Gasteiger partial charge in [0.05, 0.1) is 25.3 Å². The zero-order chi connectivity index (χ0) is 16.8. The van der Waals surface area contributed by atoms with E-state index in [1.807, 2.05) is 18.9 Å². The van der Waals surface area contributed by atoms with Gasteiger partial charge in [-0.2, -0.15) is 5.26 Å². The first-order chi connectivity index (χ1) is 11.1. The molecule has 1 aromatic heterocycles. The first-order valence-electron chi connectivity index (χ1n) is 7.63. The molecule has 0 N–H and O–H groups in total. The fourth-order valence-electron chi connectivity index (χ4n) is 2.64. The highest BCUT2D eigenvalue weighted by molar-refractivity contribution is 6.31. The number of anilines is 1. The summed E-state index contributed by atoms with van der Waals surface area (Å²) in [7, 11) is 1.90. The third-order valence-electron chi connectivity index (χ3n) is 4.00. The lowest BCUT2D eigenvalue weighted by Gasteiger charge is -2.29. The smallest absolute Gasteiger partial charge is 0.232 e. The maximum atomic E-state index is 9.24. The second-order valence-corrected chi connectivity index (χ2v) is 5.74. The van der Waals surface area contributed by atoms with E-state index in [0.717, 1.165) is 39.4 Å². The summed E-state index contributed by atoms with van der Waals surface area (Å²) < 4.78 is 5.34. The van der Waals surface area contributed by atoms with E-state index in [1.54, 1.807) is 0 Å². The van der Waals surface area contributed by atoms with Crippen molar-refractivity contribution in [2.24, 2.45) is 0 Å². The Morgan fingerprint density at radius 3 is 2.74 bits per heavy atom. The Labute approximate surface area is 142 Å². The highest BCUT2D eigenvalue weighted by atomic mass is 35.5. The van der Waals surface area contributed by atoms with Crippen LogP contribution in [-0.2, 0) is 11.2 Å². The number of ether oxygens (including phenoxy) is 1. The Kier molecular flexibility index (Phi) is 6.18. The van der Waals surface area contributed by atoms with E-state index in [2.05, 4.69) is 20.8 Å². The second-order valence-electron chi connectivity index (χ2n) is 5.38. The highest BCUT2D eigenvalue weighted by Crippen LogP contribution is 2.35. The minimum Gasteiger partial charge on any atom is -0.379 e. The van der Waals surface area contributed by atoms with Gasteiger partial charge in [-0.05, 0) is 12.0 Å². The van der Waals surface area contributed by atoms with Crippen LogP contribution in [-0.4, -0.2) is 56.3 Å². The number of nitriles is 1. The monoisotopic (exact) mass is 333 g/mol. The Morgan fingerprint density at radius 2 is 2.17 bits per heavy atom. The molecule has 0 aliphatic carbocycles. The summed E-state index contributed by atoms with van der Waals surface area (Å²) >= 11 is 6.15. The molecule has 1 aliphatic heterocycles. The van der Waals surface area contributed by atoms with Crippen LogP contribution in [0.25, 0.3) is 4.85 Å². The van der Waals surface area contributed by atoms with Gasteiger partial charge in [-0.25, -0.2) is 9.83 Å². The fraction of sp³-hybridized carbons (Fsp3) is 0.562. The van der Waals surface area contributed by atoms with Crippen molar-refractivity contribution in [1.29, 1.82) is 5.26 Å². The van der Waals surface area contributed by atoms with Crippen molar-refractivity contribution >= 4 is 23.1 Å². The molecule has 6 nitrogen and oxygen atoms in total. The lowest BCUT2D eigenvalue weighted by molar-refractivity contribution is 0.0393. The molecule has 122 valence electrons. The maximum absolute atomic E-state index is 9.24. The van der Waals surface area contributed by atoms with Gasteiger partial charge >= 0.3 is 0 Å². The quantitative estimate of drug-likeness (QED) is 0.612. The number of morpholine rings is 1. The molecule has 2 heterocycles. The molecule has 0 amide bonds. The zero-order valence-corrected chi connectivity index (χ0v) is 14.2. The molecule has 2 rings (SSSR count). The van der Waals surface area contributed by atoms with Crippen molar-refractivity contribution in [3.8, 4) is 6.07 Å². The Bertz CT molecular complexity index is 643. The van der Waals surface area contributed by atoms with Gasteiger partial charge in [0.1, 0.15) is 17.0 Å². The predicted molar refractivity (Wildman–Crippen MR) is 90.1 cm³/mol. The summed E-state index contributed by atoms with van der Waals surface area (Å²) in [5, 5.41) is 9.42. The molecule has 0 saturated carbocycles. The summed E-state index contributed by atoms with van der Waals surface area (Å²) in [6.45, 7) is 14.4. The van der Waals surface area contributed by atoms with Crippen LogP contribution in [0.1, 0.15) is 18.1 Å². The third-order valence-corrected chi connectivity index (χ3v) is 4.28. The number of hydrogen-bond acceptors (Lipinski definition) is 5. The summed E-state index contributed by atoms with van der Waals surface area (Å²) in [5.41, 5.74) is 1.42. The molecule has 0 spiro atoms. The average molecular weight is 334 g/mol. The van der Waals surface area contributed by atoms with E-state index in [4.69, 9.17) is 22.9 Å². The van der Waals surface area contributed by atoms with E-state index in [9.17, 15) is 5.26 Å². The predicted octanol–water partition coefficient (Wildman–Crippen LogP) is 2.49. The van der Waals surface area contributed by atoms with Crippen molar-refractivity contribution in [3.63, 3.8) is 0 Å². The van der Waals surface area contributed by atoms with E-state index in [1.165, 1.54) is 0 Å². The first-order valence-corrected chi connectivity index (χ1v) is 8.01. The Hall–Kier alpha value is -1.86. The maximum Gasteiger partial charge on any atom is 0.232 e. The molecular weight excluding hydrogens is 314 g/mol. The van der Waals surface area contributed by atoms with Crippen LogP contribution < -0.4 is 4.90 Å². The van der Waals surface area contributed by atoms with Crippen LogP contribution >= 0.6 is 11.6 Å². The van der Waals surface area contributed by atoms with E-state index >= 15 is 0 Å². The molecule has 0 unspecified atom stereocenters. The Balaban J connectivity index is 2.22. The van der Waals surface area contributed by atoms with Crippen molar-refractivity contribution in [1.82, 2.24) is 9.88 Å². The van der Waals surface area contributed by atoms with Crippen LogP contribution in [0, 0.1) is 17.9 Å². The lowest BCUT2D eigenvalue weighted by atomic mass is 10.1. The number of pyridine rings is 1. The van der Waals surface area contributed by atoms with Crippen LogP contribution in [0.5, 0.6) is 0 Å². The topological polar surface area (TPSA) is 56.8 Å². The van der Waals surface area contributed by atoms with Crippen LogP contribution in [0.3, 0.4) is 0 Å². The standard InChI is InChI=1S/C16H20ClN5O/c1-4-12-13(11-18)15(17)20-16(14(12)19-2)21(3)5-6-22-7-9-23-10-8-22/h4-10H2,1,3H3. The molecule has 0 atom stereocenters. The summed E-state index contributed by atoms with van der Waals surface area (Å²) in [6.07, 6.45) is 0.577. The van der Waals surface area contributed by atoms with Crippen LogP contribution in [0.15, 0.2) is 0 Å². The van der Waals surface area contributed by atoms with E-state index in [0.29, 0.717) is 29.1 Å². The second kappa shape index (κ2) is 8.12. The fourth-order valence-corrected chi connectivity index (χ4v) is 2.88.